The van der Waals surface area contributed by atoms with Gasteiger partial charge in [0.2, 0.25) is 0 Å². The van der Waals surface area contributed by atoms with Gasteiger partial charge >= 0.3 is 0 Å². The molecule has 0 spiro atoms. The standard InChI is InChI=1S/C18H18ClFN4O2/c19-13-6-1-10(9-14(13)20)22-17-16-15(7-8-21-18(16)26)24(23-17)11-2-4-12(25)5-3-11/h1,6-9,11-12,25H,2-5H2,(H,21,26)(H,22,23). The summed E-state index contributed by atoms with van der Waals surface area (Å²) >= 11 is 5.72. The van der Waals surface area contributed by atoms with E-state index in [0.717, 1.165) is 12.8 Å². The van der Waals surface area contributed by atoms with Gasteiger partial charge in [-0.15, -0.1) is 0 Å². The van der Waals surface area contributed by atoms with Gasteiger partial charge in [-0.2, -0.15) is 5.10 Å². The van der Waals surface area contributed by atoms with E-state index in [9.17, 15) is 14.3 Å². The number of nitrogens with zero attached hydrogens (tertiary/aromatic N) is 2. The van der Waals surface area contributed by atoms with Gasteiger partial charge in [0, 0.05) is 11.9 Å². The Balaban J connectivity index is 1.77. The minimum atomic E-state index is -0.546. The van der Waals surface area contributed by atoms with Crippen molar-refractivity contribution >= 4 is 34.0 Å². The number of halogens is 2. The zero-order valence-corrected chi connectivity index (χ0v) is 14.6. The molecule has 0 aliphatic heterocycles. The van der Waals surface area contributed by atoms with Gasteiger partial charge < -0.3 is 15.4 Å². The molecule has 0 unspecified atom stereocenters. The lowest BCUT2D eigenvalue weighted by atomic mass is 9.93. The Morgan fingerprint density at radius 1 is 1.27 bits per heavy atom. The number of aliphatic hydroxyl groups excluding tert-OH is 1. The summed E-state index contributed by atoms with van der Waals surface area (Å²) in [6.45, 7) is 0. The number of hydrogen-bond acceptors (Lipinski definition) is 4. The Kier molecular flexibility index (Phi) is 4.42. The number of benzene rings is 1. The maximum Gasteiger partial charge on any atom is 0.261 e. The molecule has 3 aromatic rings. The van der Waals surface area contributed by atoms with Gasteiger partial charge in [-0.25, -0.2) is 4.39 Å². The molecule has 1 aliphatic carbocycles. The maximum absolute atomic E-state index is 13.7. The molecule has 3 N–H and O–H groups in total. The number of pyridine rings is 1. The van der Waals surface area contributed by atoms with Crippen LogP contribution in [0.5, 0.6) is 0 Å². The van der Waals surface area contributed by atoms with E-state index in [1.54, 1.807) is 12.3 Å². The number of fused-ring (bicyclic) bond motifs is 1. The number of nitrogens with one attached hydrogen (secondary N) is 2. The van der Waals surface area contributed by atoms with Crippen molar-refractivity contribution in [3.8, 4) is 0 Å². The monoisotopic (exact) mass is 376 g/mol. The molecule has 0 atom stereocenters. The van der Waals surface area contributed by atoms with Crippen LogP contribution in [0.4, 0.5) is 15.9 Å². The van der Waals surface area contributed by atoms with Crippen LogP contribution in [-0.4, -0.2) is 26.0 Å². The number of aromatic nitrogens is 3. The molecule has 2 heterocycles. The van der Waals surface area contributed by atoms with Crippen LogP contribution in [0.1, 0.15) is 31.7 Å². The van der Waals surface area contributed by atoms with Gasteiger partial charge in [0.25, 0.3) is 5.56 Å². The first-order valence-corrected chi connectivity index (χ1v) is 8.91. The number of H-pyrrole nitrogens is 1. The molecule has 1 aromatic carbocycles. The van der Waals surface area contributed by atoms with Gasteiger partial charge in [-0.3, -0.25) is 9.48 Å². The molecule has 1 aliphatic rings. The summed E-state index contributed by atoms with van der Waals surface area (Å²) in [6, 6.07) is 6.26. The predicted octanol–water partition coefficient (Wildman–Crippen LogP) is 3.74. The van der Waals surface area contributed by atoms with Crippen LogP contribution in [0.3, 0.4) is 0 Å². The van der Waals surface area contributed by atoms with Crippen molar-refractivity contribution in [2.24, 2.45) is 0 Å². The summed E-state index contributed by atoms with van der Waals surface area (Å²) in [5, 5.41) is 17.8. The number of aromatic amines is 1. The van der Waals surface area contributed by atoms with E-state index in [1.165, 1.54) is 12.1 Å². The highest BCUT2D eigenvalue weighted by Gasteiger charge is 2.25. The molecule has 6 nitrogen and oxygen atoms in total. The second-order valence-electron chi connectivity index (χ2n) is 6.58. The van der Waals surface area contributed by atoms with Crippen LogP contribution in [0.15, 0.2) is 35.3 Å². The van der Waals surface area contributed by atoms with Gasteiger partial charge in [0.1, 0.15) is 11.2 Å². The summed E-state index contributed by atoms with van der Waals surface area (Å²) in [5.41, 5.74) is 0.911. The molecule has 2 aromatic heterocycles. The Morgan fingerprint density at radius 3 is 2.77 bits per heavy atom. The normalized spacial score (nSPS) is 20.4. The zero-order valence-electron chi connectivity index (χ0n) is 13.9. The van der Waals surface area contributed by atoms with Crippen molar-refractivity contribution in [2.45, 2.75) is 37.8 Å². The third-order valence-corrected chi connectivity index (χ3v) is 5.13. The molecule has 0 amide bonds. The average molecular weight is 377 g/mol. The average Bonchev–Trinajstić information content (AvgIpc) is 2.99. The third kappa shape index (κ3) is 3.08. The number of aliphatic hydroxyl groups is 1. The van der Waals surface area contributed by atoms with Crippen LogP contribution in [-0.2, 0) is 0 Å². The molecule has 1 saturated carbocycles. The maximum atomic E-state index is 13.7. The Hall–Kier alpha value is -2.38. The molecule has 0 bridgehead atoms. The first kappa shape index (κ1) is 17.1. The van der Waals surface area contributed by atoms with E-state index >= 15 is 0 Å². The van der Waals surface area contributed by atoms with Gasteiger partial charge in [-0.05, 0) is 49.9 Å². The molecule has 4 rings (SSSR count). The van der Waals surface area contributed by atoms with Crippen LogP contribution in [0.25, 0.3) is 10.9 Å². The highest BCUT2D eigenvalue weighted by Crippen LogP contribution is 2.33. The lowest BCUT2D eigenvalue weighted by molar-refractivity contribution is 0.109. The third-order valence-electron chi connectivity index (χ3n) is 4.82. The molecule has 0 saturated heterocycles. The fraction of sp³-hybridized carbons (Fsp3) is 0.333. The minimum Gasteiger partial charge on any atom is -0.393 e. The van der Waals surface area contributed by atoms with Crippen LogP contribution >= 0.6 is 11.6 Å². The lowest BCUT2D eigenvalue weighted by Crippen LogP contribution is -2.21. The van der Waals surface area contributed by atoms with E-state index < -0.39 is 5.82 Å². The predicted molar refractivity (Wildman–Crippen MR) is 98.6 cm³/mol. The van der Waals surface area contributed by atoms with Crippen LogP contribution < -0.4 is 10.9 Å². The zero-order chi connectivity index (χ0) is 18.3. The van der Waals surface area contributed by atoms with Crippen LogP contribution in [0, 0.1) is 5.82 Å². The number of anilines is 2. The first-order chi connectivity index (χ1) is 12.5. The summed E-state index contributed by atoms with van der Waals surface area (Å²) in [5.74, 6) is -0.176. The molecule has 8 heteroatoms. The highest BCUT2D eigenvalue weighted by molar-refractivity contribution is 6.30. The minimum absolute atomic E-state index is 0.0320. The van der Waals surface area contributed by atoms with Gasteiger partial charge in [0.15, 0.2) is 5.82 Å². The molecule has 0 radical (unpaired) electrons. The van der Waals surface area contributed by atoms with Gasteiger partial charge in [-0.1, -0.05) is 11.6 Å². The quantitative estimate of drug-likeness (QED) is 0.650. The molecule has 136 valence electrons. The van der Waals surface area contributed by atoms with Crippen molar-refractivity contribution in [1.29, 1.82) is 0 Å². The largest absolute Gasteiger partial charge is 0.393 e. The van der Waals surface area contributed by atoms with E-state index in [4.69, 9.17) is 11.6 Å². The fourth-order valence-corrected chi connectivity index (χ4v) is 3.60. The second-order valence-corrected chi connectivity index (χ2v) is 6.98. The van der Waals surface area contributed by atoms with E-state index in [2.05, 4.69) is 15.4 Å². The summed E-state index contributed by atoms with van der Waals surface area (Å²) in [6.07, 6.45) is 4.32. The van der Waals surface area contributed by atoms with Crippen LogP contribution in [0.2, 0.25) is 5.02 Å². The second kappa shape index (κ2) is 6.74. The molecule has 1 fully saturated rings. The Labute approximate surface area is 153 Å². The Morgan fingerprint density at radius 2 is 2.04 bits per heavy atom. The SMILES string of the molecule is O=c1[nH]ccc2c1c(Nc1ccc(Cl)c(F)c1)nn2C1CCC(O)CC1. The van der Waals surface area contributed by atoms with E-state index in [0.29, 0.717) is 35.2 Å². The van der Waals surface area contributed by atoms with Gasteiger partial charge in [0.05, 0.1) is 22.7 Å². The van der Waals surface area contributed by atoms with Crippen molar-refractivity contribution < 1.29 is 9.50 Å². The molecule has 26 heavy (non-hydrogen) atoms. The molecular weight excluding hydrogens is 359 g/mol. The van der Waals surface area contributed by atoms with Crippen molar-refractivity contribution in [2.75, 3.05) is 5.32 Å². The van der Waals surface area contributed by atoms with Crippen molar-refractivity contribution in [3.05, 3.63) is 51.7 Å². The summed E-state index contributed by atoms with van der Waals surface area (Å²) in [7, 11) is 0. The lowest BCUT2D eigenvalue weighted by Gasteiger charge is -2.26. The Bertz CT molecular complexity index is 1010. The van der Waals surface area contributed by atoms with Crippen molar-refractivity contribution in [3.63, 3.8) is 0 Å². The molecular formula is C18H18ClFN4O2. The van der Waals surface area contributed by atoms with E-state index in [-0.39, 0.29) is 22.7 Å². The summed E-state index contributed by atoms with van der Waals surface area (Å²) in [4.78, 5) is 15.0. The highest BCUT2D eigenvalue weighted by atomic mass is 35.5. The first-order valence-electron chi connectivity index (χ1n) is 8.53. The van der Waals surface area contributed by atoms with Crippen molar-refractivity contribution in [1.82, 2.24) is 14.8 Å². The smallest absolute Gasteiger partial charge is 0.261 e. The number of rotatable bonds is 3. The fourth-order valence-electron chi connectivity index (χ4n) is 3.48. The topological polar surface area (TPSA) is 82.9 Å². The summed E-state index contributed by atoms with van der Waals surface area (Å²) < 4.78 is 15.6. The van der Waals surface area contributed by atoms with E-state index in [1.807, 2.05) is 10.7 Å². The number of hydrogen-bond donors (Lipinski definition) is 3.